The molecule has 0 bridgehead atoms. The van der Waals surface area contributed by atoms with Crippen LogP contribution in [0.5, 0.6) is 0 Å². The minimum atomic E-state index is -0.219. The van der Waals surface area contributed by atoms with Gasteiger partial charge in [-0.2, -0.15) is 0 Å². The summed E-state index contributed by atoms with van der Waals surface area (Å²) in [7, 11) is 1.55. The fourth-order valence-electron chi connectivity index (χ4n) is 1.21. The third-order valence-electron chi connectivity index (χ3n) is 2.14. The van der Waals surface area contributed by atoms with Crippen LogP contribution in [0.1, 0.15) is 6.42 Å². The van der Waals surface area contributed by atoms with Crippen LogP contribution in [0.2, 0.25) is 0 Å². The molecule has 88 valence electrons. The molecule has 0 aliphatic rings. The van der Waals surface area contributed by atoms with E-state index in [4.69, 9.17) is 10.5 Å². The SMILES string of the molecule is COC(CN)CC(=O)Nc1ccc(I)cc1. The standard InChI is InChI=1S/C11H15IN2O2/c1-16-10(7-13)6-11(15)14-9-4-2-8(12)3-5-9/h2-5,10H,6-7,13H2,1H3,(H,14,15). The number of nitrogens with two attached hydrogens (primary N) is 1. The number of ether oxygens (including phenoxy) is 1. The zero-order valence-electron chi connectivity index (χ0n) is 9.07. The number of hydrogen-bond acceptors (Lipinski definition) is 3. The monoisotopic (exact) mass is 334 g/mol. The van der Waals surface area contributed by atoms with Crippen LogP contribution in [0.3, 0.4) is 0 Å². The first kappa shape index (κ1) is 13.4. The van der Waals surface area contributed by atoms with Crippen molar-refractivity contribution in [1.29, 1.82) is 0 Å². The molecule has 1 rings (SSSR count). The van der Waals surface area contributed by atoms with Crippen molar-refractivity contribution in [3.63, 3.8) is 0 Å². The predicted molar refractivity (Wildman–Crippen MR) is 72.3 cm³/mol. The van der Waals surface area contributed by atoms with Crippen LogP contribution in [0.15, 0.2) is 24.3 Å². The molecule has 0 saturated heterocycles. The Morgan fingerprint density at radius 2 is 2.12 bits per heavy atom. The van der Waals surface area contributed by atoms with Gasteiger partial charge in [-0.3, -0.25) is 4.79 Å². The molecule has 5 heteroatoms. The van der Waals surface area contributed by atoms with E-state index in [1.54, 1.807) is 7.11 Å². The van der Waals surface area contributed by atoms with Gasteiger partial charge in [0.2, 0.25) is 5.91 Å². The van der Waals surface area contributed by atoms with Crippen LogP contribution in [-0.2, 0) is 9.53 Å². The van der Waals surface area contributed by atoms with Crippen LogP contribution in [0.4, 0.5) is 5.69 Å². The molecule has 0 heterocycles. The van der Waals surface area contributed by atoms with Crippen molar-refractivity contribution in [3.8, 4) is 0 Å². The quantitative estimate of drug-likeness (QED) is 0.804. The summed E-state index contributed by atoms with van der Waals surface area (Å²) in [5, 5.41) is 2.79. The maximum absolute atomic E-state index is 11.6. The number of rotatable bonds is 5. The van der Waals surface area contributed by atoms with Gasteiger partial charge in [0, 0.05) is 22.9 Å². The number of carbonyl (C=O) groups excluding carboxylic acids is 1. The number of carbonyl (C=O) groups is 1. The second-order valence-corrected chi connectivity index (χ2v) is 4.60. The van der Waals surface area contributed by atoms with E-state index in [2.05, 4.69) is 27.9 Å². The number of benzene rings is 1. The molecule has 0 aliphatic carbocycles. The molecule has 0 aromatic heterocycles. The minimum absolute atomic E-state index is 0.0847. The van der Waals surface area contributed by atoms with Crippen molar-refractivity contribution in [3.05, 3.63) is 27.8 Å². The predicted octanol–water partition coefficient (Wildman–Crippen LogP) is 1.59. The van der Waals surface area contributed by atoms with Crippen molar-refractivity contribution in [1.82, 2.24) is 0 Å². The van der Waals surface area contributed by atoms with Gasteiger partial charge in [-0.25, -0.2) is 0 Å². The average molecular weight is 334 g/mol. The van der Waals surface area contributed by atoms with Gasteiger partial charge >= 0.3 is 0 Å². The van der Waals surface area contributed by atoms with Gasteiger partial charge in [0.25, 0.3) is 0 Å². The Morgan fingerprint density at radius 1 is 1.50 bits per heavy atom. The highest BCUT2D eigenvalue weighted by molar-refractivity contribution is 14.1. The van der Waals surface area contributed by atoms with E-state index in [9.17, 15) is 4.79 Å². The van der Waals surface area contributed by atoms with E-state index in [1.165, 1.54) is 0 Å². The number of methoxy groups -OCH3 is 1. The lowest BCUT2D eigenvalue weighted by atomic mass is 10.2. The van der Waals surface area contributed by atoms with Gasteiger partial charge in [-0.1, -0.05) is 0 Å². The number of halogens is 1. The Hall–Kier alpha value is -0.660. The summed E-state index contributed by atoms with van der Waals surface area (Å²) < 4.78 is 6.17. The lowest BCUT2D eigenvalue weighted by Gasteiger charge is -2.12. The first-order valence-electron chi connectivity index (χ1n) is 4.94. The summed E-state index contributed by atoms with van der Waals surface area (Å²) in [4.78, 5) is 11.6. The molecule has 1 aromatic rings. The van der Waals surface area contributed by atoms with E-state index in [-0.39, 0.29) is 18.4 Å². The van der Waals surface area contributed by atoms with Crippen LogP contribution in [0, 0.1) is 3.57 Å². The molecule has 0 aliphatic heterocycles. The van der Waals surface area contributed by atoms with Crippen molar-refractivity contribution in [2.75, 3.05) is 19.0 Å². The third kappa shape index (κ3) is 4.46. The van der Waals surface area contributed by atoms with Crippen molar-refractivity contribution >= 4 is 34.2 Å². The van der Waals surface area contributed by atoms with Crippen molar-refractivity contribution in [2.24, 2.45) is 5.73 Å². The Labute approximate surface area is 109 Å². The summed E-state index contributed by atoms with van der Waals surface area (Å²) >= 11 is 2.21. The summed E-state index contributed by atoms with van der Waals surface area (Å²) in [6.07, 6.45) is 0.0581. The molecule has 1 aromatic carbocycles. The molecule has 3 N–H and O–H groups in total. The number of anilines is 1. The maximum Gasteiger partial charge on any atom is 0.227 e. The minimum Gasteiger partial charge on any atom is -0.380 e. The first-order valence-corrected chi connectivity index (χ1v) is 6.02. The van der Waals surface area contributed by atoms with Crippen LogP contribution in [-0.4, -0.2) is 25.7 Å². The molecule has 4 nitrogen and oxygen atoms in total. The Morgan fingerprint density at radius 3 is 2.62 bits per heavy atom. The van der Waals surface area contributed by atoms with Gasteiger partial charge in [0.15, 0.2) is 0 Å². The molecule has 1 amide bonds. The largest absolute Gasteiger partial charge is 0.380 e. The zero-order valence-corrected chi connectivity index (χ0v) is 11.2. The normalized spacial score (nSPS) is 12.2. The fraction of sp³-hybridized carbons (Fsp3) is 0.364. The number of nitrogens with one attached hydrogen (secondary N) is 1. The number of amides is 1. The molecular formula is C11H15IN2O2. The van der Waals surface area contributed by atoms with E-state index >= 15 is 0 Å². The lowest BCUT2D eigenvalue weighted by molar-refractivity contribution is -0.118. The molecule has 0 saturated carbocycles. The summed E-state index contributed by atoms with van der Waals surface area (Å²) in [6.45, 7) is 0.344. The first-order chi connectivity index (χ1) is 7.65. The van der Waals surface area contributed by atoms with E-state index in [0.717, 1.165) is 9.26 Å². The second-order valence-electron chi connectivity index (χ2n) is 3.35. The second kappa shape index (κ2) is 6.82. The van der Waals surface area contributed by atoms with Gasteiger partial charge in [-0.15, -0.1) is 0 Å². The molecular weight excluding hydrogens is 319 g/mol. The van der Waals surface area contributed by atoms with Gasteiger partial charge in [0.1, 0.15) is 0 Å². The molecule has 16 heavy (non-hydrogen) atoms. The van der Waals surface area contributed by atoms with E-state index < -0.39 is 0 Å². The summed E-state index contributed by atoms with van der Waals surface area (Å²) in [5.74, 6) is -0.0847. The highest BCUT2D eigenvalue weighted by Gasteiger charge is 2.11. The summed E-state index contributed by atoms with van der Waals surface area (Å²) in [5.41, 5.74) is 6.23. The van der Waals surface area contributed by atoms with Crippen LogP contribution < -0.4 is 11.1 Å². The van der Waals surface area contributed by atoms with Gasteiger partial charge in [0.05, 0.1) is 12.5 Å². The molecule has 0 radical (unpaired) electrons. The van der Waals surface area contributed by atoms with Crippen LogP contribution in [0.25, 0.3) is 0 Å². The number of hydrogen-bond donors (Lipinski definition) is 2. The van der Waals surface area contributed by atoms with Crippen molar-refractivity contribution < 1.29 is 9.53 Å². The topological polar surface area (TPSA) is 64.3 Å². The maximum atomic E-state index is 11.6. The molecule has 0 fully saturated rings. The van der Waals surface area contributed by atoms with Gasteiger partial charge < -0.3 is 15.8 Å². The Kier molecular flexibility index (Phi) is 5.72. The smallest absolute Gasteiger partial charge is 0.227 e. The molecule has 1 unspecified atom stereocenters. The average Bonchev–Trinajstić information content (AvgIpc) is 2.29. The van der Waals surface area contributed by atoms with Gasteiger partial charge in [-0.05, 0) is 46.9 Å². The zero-order chi connectivity index (χ0) is 12.0. The third-order valence-corrected chi connectivity index (χ3v) is 2.86. The van der Waals surface area contributed by atoms with Crippen LogP contribution >= 0.6 is 22.6 Å². The molecule has 1 atom stereocenters. The van der Waals surface area contributed by atoms with E-state index in [0.29, 0.717) is 6.54 Å². The highest BCUT2D eigenvalue weighted by Crippen LogP contribution is 2.11. The Balaban J connectivity index is 2.48. The van der Waals surface area contributed by atoms with Crippen molar-refractivity contribution in [2.45, 2.75) is 12.5 Å². The lowest BCUT2D eigenvalue weighted by Crippen LogP contribution is -2.28. The fourth-order valence-corrected chi connectivity index (χ4v) is 1.57. The summed E-state index contributed by atoms with van der Waals surface area (Å²) in [6, 6.07) is 7.60. The molecule has 0 spiro atoms. The van der Waals surface area contributed by atoms with E-state index in [1.807, 2.05) is 24.3 Å². The highest BCUT2D eigenvalue weighted by atomic mass is 127. The Bertz CT molecular complexity index is 336.